The summed E-state index contributed by atoms with van der Waals surface area (Å²) in [5.41, 5.74) is 4.81. The third kappa shape index (κ3) is 4.66. The monoisotopic (exact) mass is 407 g/mol. The van der Waals surface area contributed by atoms with Crippen LogP contribution in [0.4, 0.5) is 0 Å². The fourth-order valence-corrected chi connectivity index (χ4v) is 4.29. The molecule has 4 rings (SSSR count). The Kier molecular flexibility index (Phi) is 5.65. The molecule has 29 heavy (non-hydrogen) atoms. The number of hydrogen-bond acceptors (Lipinski definition) is 5. The van der Waals surface area contributed by atoms with E-state index in [2.05, 4.69) is 48.3 Å². The molecular weight excluding hydrogens is 382 g/mol. The second-order valence-electron chi connectivity index (χ2n) is 7.63. The quantitative estimate of drug-likeness (QED) is 0.614. The van der Waals surface area contributed by atoms with Crippen LogP contribution in [-0.4, -0.2) is 28.5 Å². The summed E-state index contributed by atoms with van der Waals surface area (Å²) >= 11 is 1.60. The Morgan fingerprint density at radius 2 is 2.07 bits per heavy atom. The van der Waals surface area contributed by atoms with Crippen LogP contribution >= 0.6 is 11.3 Å². The number of pyridine rings is 1. The van der Waals surface area contributed by atoms with Gasteiger partial charge >= 0.3 is 0 Å². The zero-order chi connectivity index (χ0) is 20.4. The Labute approximate surface area is 174 Å². The summed E-state index contributed by atoms with van der Waals surface area (Å²) in [5.74, 6) is 0.573. The van der Waals surface area contributed by atoms with Crippen LogP contribution in [0, 0.1) is 6.92 Å². The van der Waals surface area contributed by atoms with Gasteiger partial charge in [-0.15, -0.1) is 11.3 Å². The highest BCUT2D eigenvalue weighted by atomic mass is 32.1. The fourth-order valence-electron chi connectivity index (χ4n) is 3.59. The molecule has 0 saturated heterocycles. The minimum Gasteiger partial charge on any atom is -0.486 e. The van der Waals surface area contributed by atoms with Crippen molar-refractivity contribution in [3.63, 3.8) is 0 Å². The van der Waals surface area contributed by atoms with Crippen LogP contribution in [0.1, 0.15) is 33.0 Å². The molecular formula is C23H25N3O2S. The van der Waals surface area contributed by atoms with Crippen molar-refractivity contribution in [2.45, 2.75) is 32.9 Å². The molecule has 0 fully saturated rings. The summed E-state index contributed by atoms with van der Waals surface area (Å²) in [6, 6.07) is 10.0. The Morgan fingerprint density at radius 1 is 1.21 bits per heavy atom. The molecule has 1 aliphatic rings. The van der Waals surface area contributed by atoms with Gasteiger partial charge in [-0.05, 0) is 62.7 Å². The number of ether oxygens (including phenoxy) is 1. The van der Waals surface area contributed by atoms with E-state index in [9.17, 15) is 4.79 Å². The van der Waals surface area contributed by atoms with E-state index in [0.717, 1.165) is 35.0 Å². The van der Waals surface area contributed by atoms with Gasteiger partial charge in [-0.1, -0.05) is 18.2 Å². The van der Waals surface area contributed by atoms with Gasteiger partial charge in [0.25, 0.3) is 5.56 Å². The minimum atomic E-state index is -0.0725. The minimum absolute atomic E-state index is 0.0725. The lowest BCUT2D eigenvalue weighted by Crippen LogP contribution is -2.19. The van der Waals surface area contributed by atoms with E-state index in [1.807, 2.05) is 25.4 Å². The third-order valence-electron chi connectivity index (χ3n) is 4.91. The predicted octanol–water partition coefficient (Wildman–Crippen LogP) is 4.20. The summed E-state index contributed by atoms with van der Waals surface area (Å²) in [5, 5.41) is 0.909. The highest BCUT2D eigenvalue weighted by Crippen LogP contribution is 2.27. The van der Waals surface area contributed by atoms with Gasteiger partial charge in [0.1, 0.15) is 17.4 Å². The molecule has 5 nitrogen and oxygen atoms in total. The van der Waals surface area contributed by atoms with Crippen LogP contribution in [0.5, 0.6) is 5.75 Å². The van der Waals surface area contributed by atoms with Crippen LogP contribution in [0.2, 0.25) is 0 Å². The molecule has 2 aromatic heterocycles. The summed E-state index contributed by atoms with van der Waals surface area (Å²) < 4.78 is 7.46. The number of aromatic nitrogens is 2. The van der Waals surface area contributed by atoms with Gasteiger partial charge in [0.2, 0.25) is 0 Å². The molecule has 0 amide bonds. The van der Waals surface area contributed by atoms with Gasteiger partial charge in [0, 0.05) is 35.6 Å². The van der Waals surface area contributed by atoms with E-state index >= 15 is 0 Å². The lowest BCUT2D eigenvalue weighted by molar-refractivity contribution is 0.304. The first kappa shape index (κ1) is 19.6. The van der Waals surface area contributed by atoms with Crippen molar-refractivity contribution < 1.29 is 4.74 Å². The Bertz CT molecular complexity index is 1110. The highest BCUT2D eigenvalue weighted by molar-refractivity contribution is 7.11. The van der Waals surface area contributed by atoms with Crippen LogP contribution < -0.4 is 10.3 Å². The van der Waals surface area contributed by atoms with Crippen molar-refractivity contribution in [1.82, 2.24) is 14.5 Å². The lowest BCUT2D eigenvalue weighted by Gasteiger charge is -2.20. The molecule has 0 atom stereocenters. The molecule has 0 saturated carbocycles. The molecule has 1 aromatic carbocycles. The van der Waals surface area contributed by atoms with Gasteiger partial charge in [0.05, 0.1) is 0 Å². The van der Waals surface area contributed by atoms with Gasteiger partial charge < -0.3 is 9.64 Å². The van der Waals surface area contributed by atoms with E-state index in [1.165, 1.54) is 16.7 Å². The van der Waals surface area contributed by atoms with E-state index in [0.29, 0.717) is 12.4 Å². The van der Waals surface area contributed by atoms with Crippen LogP contribution in [0.15, 0.2) is 47.5 Å². The first-order chi connectivity index (χ1) is 14.0. The smallest absolute Gasteiger partial charge is 0.258 e. The van der Waals surface area contributed by atoms with Gasteiger partial charge in [-0.3, -0.25) is 9.36 Å². The molecule has 0 unspecified atom stereocenters. The number of rotatable bonds is 6. The lowest BCUT2D eigenvalue weighted by atomic mass is 9.93. The first-order valence-electron chi connectivity index (χ1n) is 9.72. The average Bonchev–Trinajstić information content (AvgIpc) is 3.11. The number of aryl methyl sites for hydroxylation is 2. The Balaban J connectivity index is 1.51. The second kappa shape index (κ2) is 8.35. The maximum absolute atomic E-state index is 12.7. The molecule has 0 aliphatic heterocycles. The maximum Gasteiger partial charge on any atom is 0.258 e. The van der Waals surface area contributed by atoms with E-state index in [1.54, 1.807) is 22.0 Å². The van der Waals surface area contributed by atoms with Crippen LogP contribution in [0.25, 0.3) is 11.8 Å². The number of hydrogen-bond donors (Lipinski definition) is 0. The zero-order valence-corrected chi connectivity index (χ0v) is 17.8. The normalized spacial score (nSPS) is 13.3. The van der Waals surface area contributed by atoms with E-state index in [4.69, 9.17) is 4.74 Å². The highest BCUT2D eigenvalue weighted by Gasteiger charge is 2.14. The van der Waals surface area contributed by atoms with Crippen molar-refractivity contribution in [1.29, 1.82) is 0 Å². The van der Waals surface area contributed by atoms with Crippen molar-refractivity contribution in [3.05, 3.63) is 79.7 Å². The largest absolute Gasteiger partial charge is 0.486 e. The summed E-state index contributed by atoms with van der Waals surface area (Å²) in [7, 11) is 4.16. The van der Waals surface area contributed by atoms with Crippen molar-refractivity contribution in [2.75, 3.05) is 14.1 Å². The molecule has 150 valence electrons. The number of nitrogens with zero attached hydrogens (tertiary/aromatic N) is 3. The predicted molar refractivity (Wildman–Crippen MR) is 118 cm³/mol. The fraction of sp³-hybridized carbons (Fsp3) is 0.304. The Hall–Kier alpha value is -2.70. The van der Waals surface area contributed by atoms with Crippen molar-refractivity contribution >= 4 is 23.1 Å². The maximum atomic E-state index is 12.7. The summed E-state index contributed by atoms with van der Waals surface area (Å²) in [6.07, 6.45) is 7.55. The van der Waals surface area contributed by atoms with E-state index < -0.39 is 0 Å². The molecule has 0 N–H and O–H groups in total. The van der Waals surface area contributed by atoms with Gasteiger partial charge in [0.15, 0.2) is 0 Å². The number of fused-ring (bicyclic) bond motifs is 1. The molecule has 1 aliphatic carbocycles. The summed E-state index contributed by atoms with van der Waals surface area (Å²) in [4.78, 5) is 20.3. The summed E-state index contributed by atoms with van der Waals surface area (Å²) in [6.45, 7) is 3.33. The average molecular weight is 408 g/mol. The number of thiazole rings is 1. The topological polar surface area (TPSA) is 47.4 Å². The van der Waals surface area contributed by atoms with Gasteiger partial charge in [-0.25, -0.2) is 4.98 Å². The number of allylic oxidation sites excluding steroid dienone is 1. The van der Waals surface area contributed by atoms with Crippen molar-refractivity contribution in [3.8, 4) is 5.75 Å². The molecule has 0 bridgehead atoms. The van der Waals surface area contributed by atoms with Crippen LogP contribution in [0.3, 0.4) is 0 Å². The molecule has 0 radical (unpaired) electrons. The van der Waals surface area contributed by atoms with Gasteiger partial charge in [-0.2, -0.15) is 0 Å². The molecule has 2 heterocycles. The zero-order valence-electron chi connectivity index (χ0n) is 17.0. The molecule has 0 spiro atoms. The Morgan fingerprint density at radius 3 is 2.79 bits per heavy atom. The molecule has 3 aromatic rings. The number of benzene rings is 1. The van der Waals surface area contributed by atoms with E-state index in [-0.39, 0.29) is 5.56 Å². The SMILES string of the molecule is Cc1cnc(COc2ccn(C3=Cc4ccc(CN(C)C)cc4CC3)c(=O)c2)s1. The molecule has 6 heteroatoms. The first-order valence-corrected chi connectivity index (χ1v) is 10.5. The van der Waals surface area contributed by atoms with Crippen LogP contribution in [-0.2, 0) is 19.6 Å². The second-order valence-corrected chi connectivity index (χ2v) is 8.95. The third-order valence-corrected chi connectivity index (χ3v) is 5.80. The van der Waals surface area contributed by atoms with Crippen molar-refractivity contribution in [2.24, 2.45) is 0 Å². The standard InChI is InChI=1S/C23H25N3O2S/c1-16-13-24-22(29-16)15-28-21-8-9-26(23(27)12-21)20-7-6-18-10-17(14-25(2)3)4-5-19(18)11-20/h4-5,8-13H,6-7,14-15H2,1-3H3.